The summed E-state index contributed by atoms with van der Waals surface area (Å²) in [4.78, 5) is 18.5. The van der Waals surface area contributed by atoms with Crippen LogP contribution in [0.2, 0.25) is 0 Å². The summed E-state index contributed by atoms with van der Waals surface area (Å²) in [5.41, 5.74) is 0.485. The summed E-state index contributed by atoms with van der Waals surface area (Å²) in [6, 6.07) is 3.83. The van der Waals surface area contributed by atoms with E-state index in [2.05, 4.69) is 22.1 Å². The highest BCUT2D eigenvalue weighted by molar-refractivity contribution is 5.96. The summed E-state index contributed by atoms with van der Waals surface area (Å²) in [5.74, 6) is 0.241. The Morgan fingerprint density at radius 2 is 2.26 bits per heavy atom. The van der Waals surface area contributed by atoms with Gasteiger partial charge in [0.2, 0.25) is 5.88 Å². The number of nitrogens with zero attached hydrogens (tertiary/aromatic N) is 2. The average molecular weight is 263 g/mol. The van der Waals surface area contributed by atoms with Crippen molar-refractivity contribution in [2.75, 3.05) is 26.7 Å². The number of likely N-dealkylation sites (tertiary alicyclic amines) is 1. The largest absolute Gasteiger partial charge is 0.480 e. The topological polar surface area (TPSA) is 54.5 Å². The van der Waals surface area contributed by atoms with Gasteiger partial charge < -0.3 is 10.1 Å². The van der Waals surface area contributed by atoms with E-state index in [9.17, 15) is 4.79 Å². The predicted molar refractivity (Wildman–Crippen MR) is 73.4 cm³/mol. The first kappa shape index (κ1) is 13.8. The molecule has 1 unspecified atom stereocenters. The quantitative estimate of drug-likeness (QED) is 0.870. The molecule has 1 atom stereocenters. The number of aromatic nitrogens is 1. The van der Waals surface area contributed by atoms with Crippen LogP contribution in [0.1, 0.15) is 30.1 Å². The van der Waals surface area contributed by atoms with Crippen molar-refractivity contribution in [3.8, 4) is 5.88 Å². The molecule has 1 amide bonds. The maximum atomic E-state index is 12.1. The lowest BCUT2D eigenvalue weighted by Gasteiger charge is -2.23. The van der Waals surface area contributed by atoms with Gasteiger partial charge in [-0.2, -0.15) is 0 Å². The van der Waals surface area contributed by atoms with Crippen LogP contribution >= 0.6 is 0 Å². The maximum Gasteiger partial charge on any atom is 0.256 e. The first-order valence-electron chi connectivity index (χ1n) is 6.73. The van der Waals surface area contributed by atoms with E-state index >= 15 is 0 Å². The lowest BCUT2D eigenvalue weighted by atomic mass is 10.2. The van der Waals surface area contributed by atoms with Gasteiger partial charge in [0, 0.05) is 18.8 Å². The summed E-state index contributed by atoms with van der Waals surface area (Å²) in [6.45, 7) is 5.06. The van der Waals surface area contributed by atoms with Crippen molar-refractivity contribution in [1.82, 2.24) is 15.2 Å². The second-order valence-corrected chi connectivity index (χ2v) is 4.86. The van der Waals surface area contributed by atoms with Crippen molar-refractivity contribution < 1.29 is 9.53 Å². The molecule has 2 rings (SSSR count). The molecule has 1 N–H and O–H groups in total. The molecular weight excluding hydrogens is 242 g/mol. The molecule has 0 bridgehead atoms. The Bertz CT molecular complexity index is 430. The highest BCUT2D eigenvalue weighted by Crippen LogP contribution is 2.14. The third-order valence-corrected chi connectivity index (χ3v) is 3.53. The number of amides is 1. The Balaban J connectivity index is 1.90. The fourth-order valence-corrected chi connectivity index (χ4v) is 2.37. The van der Waals surface area contributed by atoms with E-state index in [1.165, 1.54) is 20.0 Å². The molecule has 1 aromatic rings. The third kappa shape index (κ3) is 3.44. The SMILES string of the molecule is COc1ncccc1C(=O)NCC(C)N1CCCC1. The van der Waals surface area contributed by atoms with Crippen LogP contribution in [0.25, 0.3) is 0 Å². The number of carbonyl (C=O) groups is 1. The minimum Gasteiger partial charge on any atom is -0.480 e. The fraction of sp³-hybridized carbons (Fsp3) is 0.571. The number of rotatable bonds is 5. The van der Waals surface area contributed by atoms with Crippen LogP contribution in [-0.4, -0.2) is 48.6 Å². The first-order chi connectivity index (χ1) is 9.22. The zero-order valence-electron chi connectivity index (χ0n) is 11.6. The summed E-state index contributed by atoms with van der Waals surface area (Å²) in [7, 11) is 1.52. The Morgan fingerprint density at radius 1 is 1.53 bits per heavy atom. The van der Waals surface area contributed by atoms with Gasteiger partial charge in [-0.3, -0.25) is 9.69 Å². The monoisotopic (exact) mass is 263 g/mol. The second kappa shape index (κ2) is 6.52. The Hall–Kier alpha value is -1.62. The number of carbonyl (C=O) groups excluding carboxylic acids is 1. The van der Waals surface area contributed by atoms with E-state index in [-0.39, 0.29) is 5.91 Å². The molecule has 1 saturated heterocycles. The highest BCUT2D eigenvalue weighted by Gasteiger charge is 2.19. The average Bonchev–Trinajstić information content (AvgIpc) is 2.98. The summed E-state index contributed by atoms with van der Waals surface area (Å²) < 4.78 is 5.09. The van der Waals surface area contributed by atoms with Gasteiger partial charge in [-0.25, -0.2) is 4.98 Å². The Labute approximate surface area is 114 Å². The van der Waals surface area contributed by atoms with E-state index in [0.717, 1.165) is 13.1 Å². The van der Waals surface area contributed by atoms with E-state index in [0.29, 0.717) is 24.0 Å². The maximum absolute atomic E-state index is 12.1. The molecule has 1 aliphatic heterocycles. The second-order valence-electron chi connectivity index (χ2n) is 4.86. The van der Waals surface area contributed by atoms with Crippen molar-refractivity contribution >= 4 is 5.91 Å². The molecule has 1 aromatic heterocycles. The molecule has 2 heterocycles. The van der Waals surface area contributed by atoms with E-state index < -0.39 is 0 Å². The van der Waals surface area contributed by atoms with E-state index in [1.54, 1.807) is 18.3 Å². The number of ether oxygens (including phenoxy) is 1. The van der Waals surface area contributed by atoms with Crippen molar-refractivity contribution in [2.24, 2.45) is 0 Å². The molecule has 5 heteroatoms. The van der Waals surface area contributed by atoms with Gasteiger partial charge in [0.15, 0.2) is 0 Å². The minimum atomic E-state index is -0.129. The molecule has 5 nitrogen and oxygen atoms in total. The van der Waals surface area contributed by atoms with Crippen LogP contribution < -0.4 is 10.1 Å². The summed E-state index contributed by atoms with van der Waals surface area (Å²) >= 11 is 0. The Kier molecular flexibility index (Phi) is 4.74. The normalized spacial score (nSPS) is 17.2. The van der Waals surface area contributed by atoms with Crippen LogP contribution in [0.5, 0.6) is 5.88 Å². The van der Waals surface area contributed by atoms with Gasteiger partial charge in [-0.05, 0) is 45.0 Å². The van der Waals surface area contributed by atoms with Crippen LogP contribution in [-0.2, 0) is 0 Å². The predicted octanol–water partition coefficient (Wildman–Crippen LogP) is 1.30. The fourth-order valence-electron chi connectivity index (χ4n) is 2.37. The molecule has 104 valence electrons. The number of pyridine rings is 1. The molecule has 19 heavy (non-hydrogen) atoms. The van der Waals surface area contributed by atoms with Crippen molar-refractivity contribution in [3.05, 3.63) is 23.9 Å². The molecule has 1 fully saturated rings. The molecule has 0 radical (unpaired) electrons. The van der Waals surface area contributed by atoms with E-state index in [4.69, 9.17) is 4.74 Å². The number of methoxy groups -OCH3 is 1. The number of nitrogens with one attached hydrogen (secondary N) is 1. The first-order valence-corrected chi connectivity index (χ1v) is 6.73. The third-order valence-electron chi connectivity index (χ3n) is 3.53. The minimum absolute atomic E-state index is 0.129. The lowest BCUT2D eigenvalue weighted by Crippen LogP contribution is -2.40. The van der Waals surface area contributed by atoms with Gasteiger partial charge in [0.1, 0.15) is 5.56 Å². The standard InChI is InChI=1S/C14H21N3O2/c1-11(17-8-3-4-9-17)10-16-13(18)12-6-5-7-15-14(12)19-2/h5-7,11H,3-4,8-10H2,1-2H3,(H,16,18). The van der Waals surface area contributed by atoms with Gasteiger partial charge in [-0.1, -0.05) is 0 Å². The molecule has 0 aromatic carbocycles. The van der Waals surface area contributed by atoms with Crippen LogP contribution in [0.4, 0.5) is 0 Å². The van der Waals surface area contributed by atoms with Gasteiger partial charge in [0.05, 0.1) is 7.11 Å². The molecular formula is C14H21N3O2. The molecule has 0 spiro atoms. The van der Waals surface area contributed by atoms with Crippen LogP contribution in [0.3, 0.4) is 0 Å². The van der Waals surface area contributed by atoms with Crippen molar-refractivity contribution in [1.29, 1.82) is 0 Å². The number of hydrogen-bond acceptors (Lipinski definition) is 4. The van der Waals surface area contributed by atoms with Gasteiger partial charge in [0.25, 0.3) is 5.91 Å². The van der Waals surface area contributed by atoms with Crippen molar-refractivity contribution in [3.63, 3.8) is 0 Å². The Morgan fingerprint density at radius 3 is 2.95 bits per heavy atom. The zero-order chi connectivity index (χ0) is 13.7. The molecule has 0 aliphatic carbocycles. The van der Waals surface area contributed by atoms with Gasteiger partial charge in [-0.15, -0.1) is 0 Å². The van der Waals surface area contributed by atoms with Crippen LogP contribution in [0.15, 0.2) is 18.3 Å². The zero-order valence-corrected chi connectivity index (χ0v) is 11.6. The molecule has 1 aliphatic rings. The number of hydrogen-bond donors (Lipinski definition) is 1. The smallest absolute Gasteiger partial charge is 0.256 e. The summed E-state index contributed by atoms with van der Waals surface area (Å²) in [5, 5.41) is 2.95. The highest BCUT2D eigenvalue weighted by atomic mass is 16.5. The van der Waals surface area contributed by atoms with Crippen LogP contribution in [0, 0.1) is 0 Å². The van der Waals surface area contributed by atoms with Crippen molar-refractivity contribution in [2.45, 2.75) is 25.8 Å². The molecule has 0 saturated carbocycles. The van der Waals surface area contributed by atoms with E-state index in [1.807, 2.05) is 0 Å². The summed E-state index contributed by atoms with van der Waals surface area (Å²) in [6.07, 6.45) is 4.13. The lowest BCUT2D eigenvalue weighted by molar-refractivity contribution is 0.0936. The van der Waals surface area contributed by atoms with Gasteiger partial charge >= 0.3 is 0 Å².